The van der Waals surface area contributed by atoms with Crippen molar-refractivity contribution in [2.24, 2.45) is 0 Å². The molecule has 0 amide bonds. The summed E-state index contributed by atoms with van der Waals surface area (Å²) in [5.41, 5.74) is 8.58. The molecule has 2 heterocycles. The van der Waals surface area contributed by atoms with Gasteiger partial charge in [-0.05, 0) is 49.9 Å². The maximum Gasteiger partial charge on any atom is 0.328 e. The normalized spacial score (nSPS) is 18.2. The number of carbonyl (C=O) groups is 2. The van der Waals surface area contributed by atoms with Crippen LogP contribution in [0.25, 0.3) is 0 Å². The Labute approximate surface area is 147 Å². The molecular formula is C19H24N2O4. The maximum absolute atomic E-state index is 9.55. The summed E-state index contributed by atoms with van der Waals surface area (Å²) < 4.78 is 0. The number of benzene rings is 1. The molecule has 0 aliphatic carbocycles. The second-order valence-corrected chi connectivity index (χ2v) is 6.36. The molecule has 1 unspecified atom stereocenters. The Bertz CT molecular complexity index is 749. The third-order valence-corrected chi connectivity index (χ3v) is 4.49. The minimum absolute atomic E-state index is 0.558. The summed E-state index contributed by atoms with van der Waals surface area (Å²) in [5.74, 6) is -1.91. The van der Waals surface area contributed by atoms with Gasteiger partial charge in [0.25, 0.3) is 0 Å². The molecular weight excluding hydrogens is 320 g/mol. The maximum atomic E-state index is 9.55. The number of fused-ring (bicyclic) bond motifs is 3. The third-order valence-electron chi connectivity index (χ3n) is 4.49. The average Bonchev–Trinajstić information content (AvgIpc) is 2.80. The quantitative estimate of drug-likeness (QED) is 0.715. The monoisotopic (exact) mass is 344 g/mol. The molecule has 1 atom stereocenters. The van der Waals surface area contributed by atoms with Crippen molar-refractivity contribution in [1.82, 2.24) is 5.32 Å². The molecule has 134 valence electrons. The zero-order valence-electron chi connectivity index (χ0n) is 15.0. The minimum Gasteiger partial charge on any atom is -0.478 e. The number of carboxylic acid groups (broad SMARTS) is 2. The lowest BCUT2D eigenvalue weighted by molar-refractivity contribution is -0.134. The molecule has 0 aromatic heterocycles. The van der Waals surface area contributed by atoms with Crippen LogP contribution in [0.15, 0.2) is 35.7 Å². The summed E-state index contributed by atoms with van der Waals surface area (Å²) in [6, 6.07) is 4.63. The van der Waals surface area contributed by atoms with E-state index in [4.69, 9.17) is 10.2 Å². The number of aliphatic carboxylic acids is 2. The first kappa shape index (κ1) is 18.6. The molecule has 25 heavy (non-hydrogen) atoms. The smallest absolute Gasteiger partial charge is 0.328 e. The highest BCUT2D eigenvalue weighted by molar-refractivity contribution is 5.89. The fraction of sp³-hybridized carbons (Fsp3) is 0.368. The Morgan fingerprint density at radius 2 is 1.76 bits per heavy atom. The molecule has 0 saturated heterocycles. The van der Waals surface area contributed by atoms with Gasteiger partial charge in [0.1, 0.15) is 0 Å². The van der Waals surface area contributed by atoms with E-state index in [0.717, 1.165) is 6.54 Å². The van der Waals surface area contributed by atoms with E-state index >= 15 is 0 Å². The Morgan fingerprint density at radius 3 is 2.32 bits per heavy atom. The second-order valence-electron chi connectivity index (χ2n) is 6.36. The molecule has 1 aromatic rings. The van der Waals surface area contributed by atoms with E-state index in [1.807, 2.05) is 0 Å². The highest BCUT2D eigenvalue weighted by atomic mass is 16.4. The van der Waals surface area contributed by atoms with Gasteiger partial charge in [-0.2, -0.15) is 0 Å². The topological polar surface area (TPSA) is 89.9 Å². The van der Waals surface area contributed by atoms with Gasteiger partial charge in [0.15, 0.2) is 0 Å². The molecule has 0 fully saturated rings. The second kappa shape index (κ2) is 7.42. The molecule has 0 bridgehead atoms. The van der Waals surface area contributed by atoms with E-state index < -0.39 is 11.9 Å². The van der Waals surface area contributed by atoms with Gasteiger partial charge in [-0.1, -0.05) is 6.07 Å². The third kappa shape index (κ3) is 4.02. The number of carboxylic acids is 2. The summed E-state index contributed by atoms with van der Waals surface area (Å²) in [5, 5.41) is 19.1. The standard InChI is InChI=1S/C15H20N2.C4H4O4/c1-9-7-10(2)14-12-5-6-16-11(3)15(12)17(4)13(14)8-9;5-3(6)1-2-4(7)8/h7-8,12,16H,5-6H2,1-4H3;1-2H,(H,5,6)(H,7,8)/b;2-1-. The summed E-state index contributed by atoms with van der Waals surface area (Å²) in [7, 11) is 2.20. The van der Waals surface area contributed by atoms with Crippen LogP contribution in [0.3, 0.4) is 0 Å². The zero-order valence-corrected chi connectivity index (χ0v) is 15.0. The van der Waals surface area contributed by atoms with Crippen molar-refractivity contribution in [2.75, 3.05) is 18.5 Å². The van der Waals surface area contributed by atoms with Gasteiger partial charge in [0, 0.05) is 48.7 Å². The molecule has 6 nitrogen and oxygen atoms in total. The SMILES string of the molecule is CC1=C2C(CCN1)c1c(C)cc(C)cc1N2C.O=C(O)/C=C\C(=O)O. The molecule has 6 heteroatoms. The number of likely N-dealkylation sites (N-methyl/N-ethyl adjacent to an activating group) is 1. The highest BCUT2D eigenvalue weighted by Crippen LogP contribution is 2.48. The molecule has 0 spiro atoms. The molecule has 3 N–H and O–H groups in total. The fourth-order valence-corrected chi connectivity index (χ4v) is 3.62. The van der Waals surface area contributed by atoms with Gasteiger partial charge < -0.3 is 20.4 Å². The van der Waals surface area contributed by atoms with E-state index in [1.54, 1.807) is 5.56 Å². The number of allylic oxidation sites excluding steroid dienone is 2. The van der Waals surface area contributed by atoms with Crippen LogP contribution in [0.1, 0.15) is 36.0 Å². The van der Waals surface area contributed by atoms with Crippen LogP contribution in [0.5, 0.6) is 0 Å². The first-order valence-electron chi connectivity index (χ1n) is 8.15. The number of nitrogens with zero attached hydrogens (tertiary/aromatic N) is 1. The largest absolute Gasteiger partial charge is 0.478 e. The van der Waals surface area contributed by atoms with E-state index in [1.165, 1.54) is 34.6 Å². The van der Waals surface area contributed by atoms with Gasteiger partial charge in [-0.25, -0.2) is 9.59 Å². The molecule has 0 radical (unpaired) electrons. The minimum atomic E-state index is -1.26. The van der Waals surface area contributed by atoms with Crippen LogP contribution in [-0.2, 0) is 9.59 Å². The Morgan fingerprint density at radius 1 is 1.16 bits per heavy atom. The van der Waals surface area contributed by atoms with Gasteiger partial charge in [-0.3, -0.25) is 0 Å². The lowest BCUT2D eigenvalue weighted by atomic mass is 9.88. The summed E-state index contributed by atoms with van der Waals surface area (Å²) >= 11 is 0. The van der Waals surface area contributed by atoms with Crippen molar-refractivity contribution in [3.8, 4) is 0 Å². The molecule has 1 aromatic carbocycles. The summed E-state index contributed by atoms with van der Waals surface area (Å²) in [6.07, 6.45) is 2.33. The number of anilines is 1. The number of hydrogen-bond donors (Lipinski definition) is 3. The van der Waals surface area contributed by atoms with Crippen LogP contribution in [0, 0.1) is 13.8 Å². The Hall–Kier alpha value is -2.76. The van der Waals surface area contributed by atoms with Crippen LogP contribution < -0.4 is 10.2 Å². The zero-order chi connectivity index (χ0) is 18.7. The van der Waals surface area contributed by atoms with Gasteiger partial charge in [-0.15, -0.1) is 0 Å². The first-order valence-corrected chi connectivity index (χ1v) is 8.15. The van der Waals surface area contributed by atoms with Crippen LogP contribution >= 0.6 is 0 Å². The van der Waals surface area contributed by atoms with Crippen LogP contribution in [0.2, 0.25) is 0 Å². The summed E-state index contributed by atoms with van der Waals surface area (Å²) in [6.45, 7) is 7.73. The van der Waals surface area contributed by atoms with Crippen molar-refractivity contribution in [3.05, 3.63) is 52.4 Å². The molecule has 0 saturated carbocycles. The van der Waals surface area contributed by atoms with Crippen molar-refractivity contribution in [3.63, 3.8) is 0 Å². The Balaban J connectivity index is 0.000000242. The molecule has 3 rings (SSSR count). The summed E-state index contributed by atoms with van der Waals surface area (Å²) in [4.78, 5) is 21.5. The number of rotatable bonds is 2. The highest BCUT2D eigenvalue weighted by Gasteiger charge is 2.36. The molecule has 2 aliphatic rings. The van der Waals surface area contributed by atoms with Crippen LogP contribution in [0.4, 0.5) is 5.69 Å². The first-order chi connectivity index (χ1) is 11.7. The predicted octanol–water partition coefficient (Wildman–Crippen LogP) is 2.77. The van der Waals surface area contributed by atoms with Gasteiger partial charge in [0.2, 0.25) is 0 Å². The van der Waals surface area contributed by atoms with E-state index in [2.05, 4.69) is 50.2 Å². The number of aryl methyl sites for hydroxylation is 2. The number of hydrogen-bond acceptors (Lipinski definition) is 4. The van der Waals surface area contributed by atoms with E-state index in [0.29, 0.717) is 18.1 Å². The van der Waals surface area contributed by atoms with Gasteiger partial charge in [0.05, 0.1) is 0 Å². The molecule has 2 aliphatic heterocycles. The lowest BCUT2D eigenvalue weighted by Crippen LogP contribution is -2.28. The van der Waals surface area contributed by atoms with Crippen molar-refractivity contribution >= 4 is 17.6 Å². The lowest BCUT2D eigenvalue weighted by Gasteiger charge is -2.27. The average molecular weight is 344 g/mol. The van der Waals surface area contributed by atoms with Gasteiger partial charge >= 0.3 is 11.9 Å². The Kier molecular flexibility index (Phi) is 5.51. The van der Waals surface area contributed by atoms with Crippen molar-refractivity contribution in [2.45, 2.75) is 33.1 Å². The van der Waals surface area contributed by atoms with Crippen LogP contribution in [-0.4, -0.2) is 35.7 Å². The van der Waals surface area contributed by atoms with Crippen molar-refractivity contribution < 1.29 is 19.8 Å². The van der Waals surface area contributed by atoms with Crippen molar-refractivity contribution in [1.29, 1.82) is 0 Å². The predicted molar refractivity (Wildman–Crippen MR) is 96.8 cm³/mol. The number of nitrogens with one attached hydrogen (secondary N) is 1. The van der Waals surface area contributed by atoms with E-state index in [-0.39, 0.29) is 0 Å². The fourth-order valence-electron chi connectivity index (χ4n) is 3.62. The van der Waals surface area contributed by atoms with E-state index in [9.17, 15) is 9.59 Å².